The van der Waals surface area contributed by atoms with Crippen LogP contribution < -0.4 is 5.11 Å². The Morgan fingerprint density at radius 2 is 1.33 bits per heavy atom. The molecule has 0 aromatic carbocycles. The highest BCUT2D eigenvalue weighted by Crippen LogP contribution is 2.27. The van der Waals surface area contributed by atoms with Gasteiger partial charge in [-0.1, -0.05) is 31.9 Å². The first-order valence-electron chi connectivity index (χ1n) is 9.81. The van der Waals surface area contributed by atoms with E-state index < -0.39 is 40.5 Å². The number of carbonyl (C=O) groups excluding carboxylic acids is 1. The van der Waals surface area contributed by atoms with Crippen molar-refractivity contribution < 1.29 is 34.2 Å². The molecular weight excluding hydrogens is 350 g/mol. The summed E-state index contributed by atoms with van der Waals surface area (Å²) in [7, 11) is 0. The molecule has 0 aromatic rings. The van der Waals surface area contributed by atoms with Gasteiger partial charge >= 0.3 is 11.9 Å². The SMILES string of the molecule is CCCC/C=C/CCCCC[N+](C(C)C(=O)[O-])(C(C)C(=O)O)C(C)C(=O)O. The molecule has 156 valence electrons. The van der Waals surface area contributed by atoms with E-state index in [-0.39, 0.29) is 6.54 Å². The lowest BCUT2D eigenvalue weighted by molar-refractivity contribution is -0.969. The second-order valence-electron chi connectivity index (χ2n) is 7.20. The number of nitrogens with zero attached hydrogens (tertiary/aromatic N) is 1. The molecule has 0 saturated carbocycles. The highest BCUT2D eigenvalue weighted by Gasteiger charge is 2.50. The maximum Gasteiger partial charge on any atom is 0.362 e. The van der Waals surface area contributed by atoms with Crippen LogP contribution in [0.4, 0.5) is 0 Å². The van der Waals surface area contributed by atoms with Crippen LogP contribution in [0, 0.1) is 0 Å². The van der Waals surface area contributed by atoms with Gasteiger partial charge in [-0.2, -0.15) is 0 Å². The van der Waals surface area contributed by atoms with E-state index in [1.165, 1.54) is 20.8 Å². The molecule has 0 fully saturated rings. The number of allylic oxidation sites excluding steroid dienone is 2. The third-order valence-electron chi connectivity index (χ3n) is 5.53. The molecule has 0 saturated heterocycles. The quantitative estimate of drug-likeness (QED) is 0.254. The number of unbranched alkanes of at least 4 members (excludes halogenated alkanes) is 5. The fraction of sp³-hybridized carbons (Fsp3) is 0.750. The van der Waals surface area contributed by atoms with Gasteiger partial charge in [0.25, 0.3) is 0 Å². The van der Waals surface area contributed by atoms with E-state index in [0.29, 0.717) is 6.42 Å². The Bertz CT molecular complexity index is 466. The predicted molar refractivity (Wildman–Crippen MR) is 101 cm³/mol. The molecule has 0 aliphatic heterocycles. The minimum atomic E-state index is -1.44. The van der Waals surface area contributed by atoms with Gasteiger partial charge in [0.2, 0.25) is 0 Å². The van der Waals surface area contributed by atoms with Crippen molar-refractivity contribution in [2.24, 2.45) is 0 Å². The predicted octanol–water partition coefficient (Wildman–Crippen LogP) is 2.19. The summed E-state index contributed by atoms with van der Waals surface area (Å²) in [6, 6.07) is -3.58. The van der Waals surface area contributed by atoms with Crippen LogP contribution in [0.15, 0.2) is 12.2 Å². The van der Waals surface area contributed by atoms with E-state index in [0.717, 1.165) is 38.5 Å². The summed E-state index contributed by atoms with van der Waals surface area (Å²) in [5, 5.41) is 30.5. The zero-order valence-electron chi connectivity index (χ0n) is 17.0. The van der Waals surface area contributed by atoms with Gasteiger partial charge in [-0.25, -0.2) is 9.59 Å². The van der Waals surface area contributed by atoms with Gasteiger partial charge in [-0.15, -0.1) is 0 Å². The van der Waals surface area contributed by atoms with Gasteiger partial charge in [-0.3, -0.25) is 4.48 Å². The Kier molecular flexibility index (Phi) is 11.6. The van der Waals surface area contributed by atoms with E-state index in [1.54, 1.807) is 0 Å². The average molecular weight is 386 g/mol. The molecule has 7 nitrogen and oxygen atoms in total. The van der Waals surface area contributed by atoms with Crippen molar-refractivity contribution in [1.29, 1.82) is 0 Å². The Balaban J connectivity index is 5.14. The van der Waals surface area contributed by atoms with E-state index in [1.807, 2.05) is 0 Å². The molecule has 0 heterocycles. The molecule has 3 unspecified atom stereocenters. The standard InChI is InChI=1S/C20H35NO6/c1-5-6-7-8-9-10-11-12-13-14-21(15(2)18(22)23,16(3)19(24)25)17(4)20(26)27/h8-9,15-17H,5-7,10-14H2,1-4H3,(H2-,22,23,24,25,26,27)/b9-8+. The molecule has 0 spiro atoms. The molecule has 2 N–H and O–H groups in total. The first-order chi connectivity index (χ1) is 12.6. The Morgan fingerprint density at radius 1 is 0.852 bits per heavy atom. The monoisotopic (exact) mass is 385 g/mol. The summed E-state index contributed by atoms with van der Waals surface area (Å²) in [4.78, 5) is 34.8. The minimum Gasteiger partial charge on any atom is -0.544 e. The molecule has 0 aliphatic carbocycles. The van der Waals surface area contributed by atoms with Crippen LogP contribution in [0.5, 0.6) is 0 Å². The van der Waals surface area contributed by atoms with Crippen LogP contribution in [-0.2, 0) is 14.4 Å². The van der Waals surface area contributed by atoms with Gasteiger partial charge in [-0.05, 0) is 52.9 Å². The topological polar surface area (TPSA) is 115 Å². The lowest BCUT2D eigenvalue weighted by Crippen LogP contribution is -2.72. The highest BCUT2D eigenvalue weighted by molar-refractivity contribution is 5.76. The Hall–Kier alpha value is -1.89. The maximum absolute atomic E-state index is 11.6. The number of aliphatic carboxylic acids is 3. The number of hydrogen-bond donors (Lipinski definition) is 2. The average Bonchev–Trinajstić information content (AvgIpc) is 2.61. The minimum absolute atomic E-state index is 0.162. The largest absolute Gasteiger partial charge is 0.544 e. The Labute approximate surface area is 162 Å². The number of carbonyl (C=O) groups is 3. The van der Waals surface area contributed by atoms with Gasteiger partial charge in [0, 0.05) is 0 Å². The molecule has 7 heteroatoms. The number of rotatable bonds is 15. The van der Waals surface area contributed by atoms with E-state index in [2.05, 4.69) is 19.1 Å². The molecule has 3 atom stereocenters. The van der Waals surface area contributed by atoms with E-state index >= 15 is 0 Å². The van der Waals surface area contributed by atoms with E-state index in [4.69, 9.17) is 0 Å². The van der Waals surface area contributed by atoms with E-state index in [9.17, 15) is 29.7 Å². The lowest BCUT2D eigenvalue weighted by atomic mass is 10.00. The van der Waals surface area contributed by atoms with Crippen LogP contribution in [-0.4, -0.2) is 57.3 Å². The van der Waals surface area contributed by atoms with Crippen molar-refractivity contribution in [3.63, 3.8) is 0 Å². The van der Waals surface area contributed by atoms with Crippen LogP contribution in [0.3, 0.4) is 0 Å². The first kappa shape index (κ1) is 25.1. The molecule has 0 aliphatic rings. The second kappa shape index (κ2) is 12.5. The van der Waals surface area contributed by atoms with Gasteiger partial charge < -0.3 is 20.1 Å². The summed E-state index contributed by atoms with van der Waals surface area (Å²) in [6.45, 7) is 6.39. The fourth-order valence-corrected chi connectivity index (χ4v) is 3.58. The maximum atomic E-state index is 11.6. The smallest absolute Gasteiger partial charge is 0.362 e. The van der Waals surface area contributed by atoms with Gasteiger partial charge in [0.1, 0.15) is 6.04 Å². The van der Waals surface area contributed by atoms with Crippen LogP contribution in [0.2, 0.25) is 0 Å². The van der Waals surface area contributed by atoms with Crippen molar-refractivity contribution in [2.45, 2.75) is 90.8 Å². The van der Waals surface area contributed by atoms with Crippen LogP contribution in [0.25, 0.3) is 0 Å². The lowest BCUT2D eigenvalue weighted by Gasteiger charge is -2.49. The Morgan fingerprint density at radius 3 is 1.74 bits per heavy atom. The van der Waals surface area contributed by atoms with Crippen molar-refractivity contribution in [3.8, 4) is 0 Å². The summed E-state index contributed by atoms with van der Waals surface area (Å²) in [5.41, 5.74) is 0. The normalized spacial score (nSPS) is 17.2. The summed E-state index contributed by atoms with van der Waals surface area (Å²) in [6.07, 6.45) is 10.8. The zero-order valence-corrected chi connectivity index (χ0v) is 17.0. The molecule has 0 rings (SSSR count). The van der Waals surface area contributed by atoms with Gasteiger partial charge in [0.15, 0.2) is 12.1 Å². The van der Waals surface area contributed by atoms with Crippen molar-refractivity contribution in [1.82, 2.24) is 0 Å². The van der Waals surface area contributed by atoms with Crippen molar-refractivity contribution in [2.75, 3.05) is 6.54 Å². The first-order valence-corrected chi connectivity index (χ1v) is 9.81. The summed E-state index contributed by atoms with van der Waals surface area (Å²) >= 11 is 0. The molecule has 0 bridgehead atoms. The van der Waals surface area contributed by atoms with Crippen LogP contribution >= 0.6 is 0 Å². The van der Waals surface area contributed by atoms with Gasteiger partial charge in [0.05, 0.1) is 12.5 Å². The summed E-state index contributed by atoms with van der Waals surface area (Å²) < 4.78 is -0.556. The molecule has 0 aromatic heterocycles. The number of carboxylic acid groups (broad SMARTS) is 3. The fourth-order valence-electron chi connectivity index (χ4n) is 3.58. The van der Waals surface area contributed by atoms with Crippen molar-refractivity contribution >= 4 is 17.9 Å². The number of carboxylic acids is 3. The molecule has 0 amide bonds. The number of quaternary nitrogens is 1. The summed E-state index contributed by atoms with van der Waals surface area (Å²) in [5.74, 6) is -3.86. The molecule has 27 heavy (non-hydrogen) atoms. The third-order valence-corrected chi connectivity index (χ3v) is 5.53. The van der Waals surface area contributed by atoms with Crippen molar-refractivity contribution in [3.05, 3.63) is 12.2 Å². The molecule has 0 radical (unpaired) electrons. The second-order valence-corrected chi connectivity index (χ2v) is 7.20. The van der Waals surface area contributed by atoms with Crippen LogP contribution in [0.1, 0.15) is 72.6 Å². The highest BCUT2D eigenvalue weighted by atomic mass is 16.4. The third kappa shape index (κ3) is 7.33. The zero-order chi connectivity index (χ0) is 21.0. The molecular formula is C20H35NO6. The number of hydrogen-bond acceptors (Lipinski definition) is 4.